The van der Waals surface area contributed by atoms with Gasteiger partial charge in [-0.2, -0.15) is 0 Å². The Kier molecular flexibility index (Phi) is 3.21. The van der Waals surface area contributed by atoms with E-state index in [2.05, 4.69) is 21.9 Å². The van der Waals surface area contributed by atoms with Crippen molar-refractivity contribution >= 4 is 17.2 Å². The summed E-state index contributed by atoms with van der Waals surface area (Å²) in [5.41, 5.74) is 0.454. The van der Waals surface area contributed by atoms with Crippen molar-refractivity contribution in [3.63, 3.8) is 0 Å². The molecule has 3 rings (SSSR count). The van der Waals surface area contributed by atoms with E-state index in [9.17, 15) is 9.59 Å². The predicted molar refractivity (Wildman–Crippen MR) is 78.3 cm³/mol. The van der Waals surface area contributed by atoms with Crippen molar-refractivity contribution in [2.45, 2.75) is 25.3 Å². The summed E-state index contributed by atoms with van der Waals surface area (Å²) in [4.78, 5) is 25.1. The first-order valence-electron chi connectivity index (χ1n) is 6.55. The molecule has 0 aliphatic heterocycles. The summed E-state index contributed by atoms with van der Waals surface area (Å²) < 4.78 is 2.26. The van der Waals surface area contributed by atoms with Crippen molar-refractivity contribution < 1.29 is 0 Å². The number of aryl methyl sites for hydroxylation is 2. The Balaban J connectivity index is 1.98. The number of nitrogens with one attached hydrogen (secondary N) is 1. The van der Waals surface area contributed by atoms with E-state index in [1.165, 1.54) is 22.2 Å². The number of fused-ring (bicyclic) bond motifs is 1. The first kappa shape index (κ1) is 13.1. The first-order chi connectivity index (χ1) is 9.58. The molecule has 1 N–H and O–H groups in total. The molecule has 1 aliphatic rings. The van der Waals surface area contributed by atoms with Gasteiger partial charge in [-0.05, 0) is 36.3 Å². The molecule has 6 nitrogen and oxygen atoms in total. The lowest BCUT2D eigenvalue weighted by molar-refractivity contribution is 0.576. The Bertz CT molecular complexity index is 758. The van der Waals surface area contributed by atoms with E-state index in [1.807, 2.05) is 0 Å². The van der Waals surface area contributed by atoms with Gasteiger partial charge in [0.25, 0.3) is 5.56 Å². The van der Waals surface area contributed by atoms with Crippen LogP contribution in [0.1, 0.15) is 29.3 Å². The molecule has 7 heteroatoms. The Morgan fingerprint density at radius 3 is 3.00 bits per heavy atom. The normalized spacial score (nSPS) is 17.8. The smallest absolute Gasteiger partial charge is 0.346 e. The van der Waals surface area contributed by atoms with Crippen LogP contribution in [0.5, 0.6) is 0 Å². The highest BCUT2D eigenvalue weighted by atomic mass is 32.1. The maximum absolute atomic E-state index is 12.1. The van der Waals surface area contributed by atoms with Crippen LogP contribution < -0.4 is 16.6 Å². The SMILES string of the molecule is Cn1nc(NC2CCCc3sccc32)c(=O)n(C)c1=O. The van der Waals surface area contributed by atoms with E-state index >= 15 is 0 Å². The maximum atomic E-state index is 12.1. The Morgan fingerprint density at radius 2 is 2.20 bits per heavy atom. The average Bonchev–Trinajstić information content (AvgIpc) is 2.92. The molecule has 1 aliphatic carbocycles. The number of hydrogen-bond donors (Lipinski definition) is 1. The number of aromatic nitrogens is 3. The second-order valence-electron chi connectivity index (χ2n) is 5.01. The quantitative estimate of drug-likeness (QED) is 0.897. The Morgan fingerprint density at radius 1 is 1.40 bits per heavy atom. The van der Waals surface area contributed by atoms with E-state index in [0.717, 1.165) is 23.8 Å². The van der Waals surface area contributed by atoms with Crippen LogP contribution in [0, 0.1) is 0 Å². The van der Waals surface area contributed by atoms with Crippen LogP contribution in [0.3, 0.4) is 0 Å². The molecule has 106 valence electrons. The number of thiophene rings is 1. The summed E-state index contributed by atoms with van der Waals surface area (Å²) in [7, 11) is 3.01. The van der Waals surface area contributed by atoms with Crippen molar-refractivity contribution in [1.82, 2.24) is 14.3 Å². The van der Waals surface area contributed by atoms with Gasteiger partial charge in [0.1, 0.15) is 0 Å². The largest absolute Gasteiger partial charge is 0.357 e. The molecule has 0 aromatic carbocycles. The minimum absolute atomic E-state index is 0.0997. The molecule has 1 atom stereocenters. The molecule has 2 heterocycles. The van der Waals surface area contributed by atoms with Crippen LogP contribution >= 0.6 is 11.3 Å². The van der Waals surface area contributed by atoms with E-state index in [4.69, 9.17) is 0 Å². The summed E-state index contributed by atoms with van der Waals surface area (Å²) in [5, 5.41) is 9.33. The highest BCUT2D eigenvalue weighted by Crippen LogP contribution is 2.34. The third kappa shape index (κ3) is 2.07. The van der Waals surface area contributed by atoms with Gasteiger partial charge < -0.3 is 5.32 Å². The highest BCUT2D eigenvalue weighted by molar-refractivity contribution is 7.10. The molecule has 0 spiro atoms. The lowest BCUT2D eigenvalue weighted by atomic mass is 9.94. The van der Waals surface area contributed by atoms with Gasteiger partial charge in [0, 0.05) is 19.0 Å². The number of anilines is 1. The molecule has 1 unspecified atom stereocenters. The summed E-state index contributed by atoms with van der Waals surface area (Å²) in [6, 6.07) is 2.20. The highest BCUT2D eigenvalue weighted by Gasteiger charge is 2.22. The minimum Gasteiger partial charge on any atom is -0.357 e. The summed E-state index contributed by atoms with van der Waals surface area (Å²) in [5.74, 6) is 0.235. The molecule has 0 radical (unpaired) electrons. The molecule has 2 aromatic rings. The Labute approximate surface area is 119 Å². The minimum atomic E-state index is -0.416. The van der Waals surface area contributed by atoms with Gasteiger partial charge in [-0.3, -0.25) is 9.36 Å². The first-order valence-corrected chi connectivity index (χ1v) is 7.43. The molecule has 0 saturated heterocycles. The molecule has 20 heavy (non-hydrogen) atoms. The zero-order valence-electron chi connectivity index (χ0n) is 11.4. The second kappa shape index (κ2) is 4.90. The van der Waals surface area contributed by atoms with Gasteiger partial charge in [-0.25, -0.2) is 9.48 Å². The van der Waals surface area contributed by atoms with Gasteiger partial charge in [0.05, 0.1) is 6.04 Å². The van der Waals surface area contributed by atoms with E-state index in [0.29, 0.717) is 0 Å². The molecule has 0 bridgehead atoms. The van der Waals surface area contributed by atoms with Crippen molar-refractivity contribution in [1.29, 1.82) is 0 Å². The zero-order valence-corrected chi connectivity index (χ0v) is 12.2. The van der Waals surface area contributed by atoms with Crippen molar-refractivity contribution in [2.24, 2.45) is 14.1 Å². The van der Waals surface area contributed by atoms with Gasteiger partial charge in [0.15, 0.2) is 0 Å². The topological polar surface area (TPSA) is 68.9 Å². The van der Waals surface area contributed by atoms with Gasteiger partial charge in [0.2, 0.25) is 5.82 Å². The number of rotatable bonds is 2. The number of hydrogen-bond acceptors (Lipinski definition) is 5. The maximum Gasteiger partial charge on any atom is 0.346 e. The van der Waals surface area contributed by atoms with Crippen molar-refractivity contribution in [3.8, 4) is 0 Å². The van der Waals surface area contributed by atoms with Crippen LogP contribution in [-0.4, -0.2) is 14.3 Å². The monoisotopic (exact) mass is 292 g/mol. The van der Waals surface area contributed by atoms with Gasteiger partial charge in [-0.15, -0.1) is 16.4 Å². The molecular weight excluding hydrogens is 276 g/mol. The molecule has 0 amide bonds. The second-order valence-corrected chi connectivity index (χ2v) is 6.01. The van der Waals surface area contributed by atoms with Crippen LogP contribution in [0.15, 0.2) is 21.0 Å². The van der Waals surface area contributed by atoms with E-state index < -0.39 is 5.69 Å². The van der Waals surface area contributed by atoms with Crippen LogP contribution in [-0.2, 0) is 20.5 Å². The molecular formula is C13H16N4O2S. The lowest BCUT2D eigenvalue weighted by Gasteiger charge is -2.24. The lowest BCUT2D eigenvalue weighted by Crippen LogP contribution is -2.40. The Hall–Kier alpha value is -1.89. The third-order valence-corrected chi connectivity index (χ3v) is 4.68. The molecule has 2 aromatic heterocycles. The van der Waals surface area contributed by atoms with Crippen LogP contribution in [0.4, 0.5) is 5.82 Å². The molecule has 0 fully saturated rings. The standard InChI is InChI=1S/C13H16N4O2S/c1-16-12(18)11(15-17(2)13(16)19)14-9-4-3-5-10-8(9)6-7-20-10/h6-7,9H,3-5H2,1-2H3,(H,14,15). The fraction of sp³-hybridized carbons (Fsp3) is 0.462. The van der Waals surface area contributed by atoms with Crippen molar-refractivity contribution in [3.05, 3.63) is 42.7 Å². The summed E-state index contributed by atoms with van der Waals surface area (Å²) in [6.07, 6.45) is 3.17. The van der Waals surface area contributed by atoms with E-state index in [-0.39, 0.29) is 17.4 Å². The van der Waals surface area contributed by atoms with Crippen LogP contribution in [0.25, 0.3) is 0 Å². The van der Waals surface area contributed by atoms with Gasteiger partial charge in [-0.1, -0.05) is 0 Å². The zero-order chi connectivity index (χ0) is 14.3. The summed E-state index contributed by atoms with van der Waals surface area (Å²) in [6.45, 7) is 0. The predicted octanol–water partition coefficient (Wildman–Crippen LogP) is 1.03. The summed E-state index contributed by atoms with van der Waals surface area (Å²) >= 11 is 1.75. The third-order valence-electron chi connectivity index (χ3n) is 3.68. The van der Waals surface area contributed by atoms with Gasteiger partial charge >= 0.3 is 5.69 Å². The van der Waals surface area contributed by atoms with Crippen molar-refractivity contribution in [2.75, 3.05) is 5.32 Å². The fourth-order valence-corrected chi connectivity index (χ4v) is 3.58. The van der Waals surface area contributed by atoms with Crippen LogP contribution in [0.2, 0.25) is 0 Å². The van der Waals surface area contributed by atoms with E-state index in [1.54, 1.807) is 18.4 Å². The number of nitrogens with zero attached hydrogens (tertiary/aromatic N) is 3. The molecule has 0 saturated carbocycles. The average molecular weight is 292 g/mol. The fourth-order valence-electron chi connectivity index (χ4n) is 2.59.